The molecule has 0 unspecified atom stereocenters. The van der Waals surface area contributed by atoms with Gasteiger partial charge in [0, 0.05) is 10.5 Å². The van der Waals surface area contributed by atoms with Crippen LogP contribution in [0.1, 0.15) is 16.1 Å². The van der Waals surface area contributed by atoms with E-state index in [9.17, 15) is 4.79 Å². The Balaban J connectivity index is 1.71. The van der Waals surface area contributed by atoms with Crippen molar-refractivity contribution in [2.24, 2.45) is 0 Å². The van der Waals surface area contributed by atoms with Crippen molar-refractivity contribution >= 4 is 23.4 Å². The summed E-state index contributed by atoms with van der Waals surface area (Å²) in [6.45, 7) is 0.271. The van der Waals surface area contributed by atoms with E-state index in [1.54, 1.807) is 17.8 Å². The first-order valence-electron chi connectivity index (χ1n) is 7.46. The molecule has 1 amide bonds. The highest BCUT2D eigenvalue weighted by molar-refractivity contribution is 7.98. The van der Waals surface area contributed by atoms with Crippen molar-refractivity contribution in [3.8, 4) is 5.75 Å². The van der Waals surface area contributed by atoms with E-state index in [2.05, 4.69) is 5.32 Å². The van der Waals surface area contributed by atoms with Crippen LogP contribution in [-0.2, 0) is 6.61 Å². The molecule has 1 heterocycles. The zero-order valence-corrected chi connectivity index (χ0v) is 14.0. The van der Waals surface area contributed by atoms with E-state index < -0.39 is 0 Å². The van der Waals surface area contributed by atoms with E-state index in [0.29, 0.717) is 5.56 Å². The van der Waals surface area contributed by atoms with Crippen molar-refractivity contribution < 1.29 is 13.9 Å². The van der Waals surface area contributed by atoms with Crippen LogP contribution in [0.5, 0.6) is 5.75 Å². The molecule has 0 aliphatic heterocycles. The summed E-state index contributed by atoms with van der Waals surface area (Å²) in [5, 5.41) is 2.89. The zero-order valence-electron chi connectivity index (χ0n) is 13.2. The molecule has 0 aliphatic carbocycles. The van der Waals surface area contributed by atoms with Crippen LogP contribution in [-0.4, -0.2) is 12.2 Å². The van der Waals surface area contributed by atoms with Gasteiger partial charge in [-0.15, -0.1) is 11.8 Å². The zero-order chi connectivity index (χ0) is 16.8. The average molecular weight is 339 g/mol. The van der Waals surface area contributed by atoms with Crippen LogP contribution in [0.2, 0.25) is 0 Å². The highest BCUT2D eigenvalue weighted by Gasteiger charge is 2.17. The molecule has 0 bridgehead atoms. The SMILES string of the molecule is CSc1ccccc1NC(=O)c1occc1COc1ccccc1. The quantitative estimate of drug-likeness (QED) is 0.653. The van der Waals surface area contributed by atoms with Crippen molar-refractivity contribution in [2.75, 3.05) is 11.6 Å². The van der Waals surface area contributed by atoms with Gasteiger partial charge >= 0.3 is 0 Å². The number of carbonyl (C=O) groups excluding carboxylic acids is 1. The van der Waals surface area contributed by atoms with Crippen LogP contribution in [0.15, 0.2) is 76.2 Å². The lowest BCUT2D eigenvalue weighted by Crippen LogP contribution is -2.14. The highest BCUT2D eigenvalue weighted by Crippen LogP contribution is 2.25. The summed E-state index contributed by atoms with van der Waals surface area (Å²) in [5.74, 6) is 0.729. The van der Waals surface area contributed by atoms with Gasteiger partial charge in [-0.3, -0.25) is 4.79 Å². The van der Waals surface area contributed by atoms with Gasteiger partial charge < -0.3 is 14.5 Å². The lowest BCUT2D eigenvalue weighted by molar-refractivity contribution is 0.0993. The van der Waals surface area contributed by atoms with Gasteiger partial charge in [-0.1, -0.05) is 30.3 Å². The minimum atomic E-state index is -0.284. The Morgan fingerprint density at radius 2 is 1.83 bits per heavy atom. The number of para-hydroxylation sites is 2. The maximum Gasteiger partial charge on any atom is 0.291 e. The Bertz CT molecular complexity index is 814. The molecule has 0 saturated heterocycles. The van der Waals surface area contributed by atoms with Crippen molar-refractivity contribution in [3.63, 3.8) is 0 Å². The Morgan fingerprint density at radius 3 is 2.62 bits per heavy atom. The minimum Gasteiger partial charge on any atom is -0.489 e. The molecule has 0 radical (unpaired) electrons. The number of thioether (sulfide) groups is 1. The maximum atomic E-state index is 12.5. The first-order chi connectivity index (χ1) is 11.8. The smallest absolute Gasteiger partial charge is 0.291 e. The summed E-state index contributed by atoms with van der Waals surface area (Å²) in [6, 6.07) is 18.9. The fraction of sp³-hybridized carbons (Fsp3) is 0.105. The monoisotopic (exact) mass is 339 g/mol. The van der Waals surface area contributed by atoms with Gasteiger partial charge in [0.15, 0.2) is 5.76 Å². The van der Waals surface area contributed by atoms with Crippen molar-refractivity contribution in [2.45, 2.75) is 11.5 Å². The van der Waals surface area contributed by atoms with Crippen molar-refractivity contribution in [3.05, 3.63) is 78.3 Å². The highest BCUT2D eigenvalue weighted by atomic mass is 32.2. The third-order valence-electron chi connectivity index (χ3n) is 3.45. The second-order valence-electron chi connectivity index (χ2n) is 5.03. The lowest BCUT2D eigenvalue weighted by atomic mass is 10.2. The molecular weight excluding hydrogens is 322 g/mol. The molecule has 5 heteroatoms. The summed E-state index contributed by atoms with van der Waals surface area (Å²) in [7, 11) is 0. The number of hydrogen-bond acceptors (Lipinski definition) is 4. The molecule has 0 fully saturated rings. The molecular formula is C19H17NO3S. The molecule has 3 aromatic rings. The summed E-state index contributed by atoms with van der Waals surface area (Å²) in [5.41, 5.74) is 1.47. The van der Waals surface area contributed by atoms with E-state index in [-0.39, 0.29) is 18.3 Å². The number of ether oxygens (including phenoxy) is 1. The molecule has 0 atom stereocenters. The third-order valence-corrected chi connectivity index (χ3v) is 4.24. The number of hydrogen-bond donors (Lipinski definition) is 1. The van der Waals surface area contributed by atoms with Gasteiger partial charge in [0.05, 0.1) is 12.0 Å². The first-order valence-corrected chi connectivity index (χ1v) is 8.69. The Morgan fingerprint density at radius 1 is 1.08 bits per heavy atom. The van der Waals surface area contributed by atoms with Gasteiger partial charge in [0.2, 0.25) is 0 Å². The Kier molecular flexibility index (Phi) is 5.23. The molecule has 122 valence electrons. The second-order valence-corrected chi connectivity index (χ2v) is 5.88. The minimum absolute atomic E-state index is 0.266. The Labute approximate surface area is 144 Å². The summed E-state index contributed by atoms with van der Waals surface area (Å²) >= 11 is 1.58. The normalized spacial score (nSPS) is 10.4. The van der Waals surface area contributed by atoms with Crippen LogP contribution in [0.3, 0.4) is 0 Å². The number of rotatable bonds is 6. The number of carbonyl (C=O) groups is 1. The fourth-order valence-electron chi connectivity index (χ4n) is 2.25. The van der Waals surface area contributed by atoms with Crippen molar-refractivity contribution in [1.82, 2.24) is 0 Å². The van der Waals surface area contributed by atoms with Gasteiger partial charge in [0.25, 0.3) is 5.91 Å². The Hall–Kier alpha value is -2.66. The maximum absolute atomic E-state index is 12.5. The summed E-state index contributed by atoms with van der Waals surface area (Å²) in [4.78, 5) is 13.5. The topological polar surface area (TPSA) is 51.5 Å². The van der Waals surface area contributed by atoms with E-state index in [4.69, 9.17) is 9.15 Å². The molecule has 0 spiro atoms. The van der Waals surface area contributed by atoms with Gasteiger partial charge in [0.1, 0.15) is 12.4 Å². The number of amides is 1. The average Bonchev–Trinajstić information content (AvgIpc) is 3.10. The molecule has 0 aliphatic rings. The first kappa shape index (κ1) is 16.2. The van der Waals surface area contributed by atoms with Gasteiger partial charge in [-0.2, -0.15) is 0 Å². The predicted molar refractivity (Wildman–Crippen MR) is 95.7 cm³/mol. The van der Waals surface area contributed by atoms with Crippen LogP contribution < -0.4 is 10.1 Å². The molecule has 1 N–H and O–H groups in total. The van der Waals surface area contributed by atoms with Crippen LogP contribution >= 0.6 is 11.8 Å². The standard InChI is InChI=1S/C19H17NO3S/c1-24-17-10-6-5-9-16(17)20-19(21)18-14(11-12-22-18)13-23-15-7-3-2-4-8-15/h2-12H,13H2,1H3,(H,20,21). The van der Waals surface area contributed by atoms with Crippen molar-refractivity contribution in [1.29, 1.82) is 0 Å². The van der Waals surface area contributed by atoms with Crippen LogP contribution in [0, 0.1) is 0 Å². The number of anilines is 1. The van der Waals surface area contributed by atoms with Gasteiger partial charge in [-0.25, -0.2) is 0 Å². The molecule has 4 nitrogen and oxygen atoms in total. The summed E-state index contributed by atoms with van der Waals surface area (Å²) < 4.78 is 11.1. The third kappa shape index (κ3) is 3.81. The van der Waals surface area contributed by atoms with E-state index in [1.807, 2.05) is 60.9 Å². The number of benzene rings is 2. The molecule has 2 aromatic carbocycles. The summed E-state index contributed by atoms with van der Waals surface area (Å²) in [6.07, 6.45) is 3.47. The number of nitrogens with one attached hydrogen (secondary N) is 1. The fourth-order valence-corrected chi connectivity index (χ4v) is 2.81. The molecule has 1 aromatic heterocycles. The van der Waals surface area contributed by atoms with E-state index in [1.165, 1.54) is 6.26 Å². The molecule has 3 rings (SSSR count). The second kappa shape index (κ2) is 7.75. The molecule has 24 heavy (non-hydrogen) atoms. The lowest BCUT2D eigenvalue weighted by Gasteiger charge is -2.09. The van der Waals surface area contributed by atoms with Crippen LogP contribution in [0.25, 0.3) is 0 Å². The van der Waals surface area contributed by atoms with E-state index >= 15 is 0 Å². The van der Waals surface area contributed by atoms with Gasteiger partial charge in [-0.05, 0) is 36.6 Å². The largest absolute Gasteiger partial charge is 0.489 e. The van der Waals surface area contributed by atoms with E-state index in [0.717, 1.165) is 16.3 Å². The molecule has 0 saturated carbocycles. The number of furan rings is 1. The van der Waals surface area contributed by atoms with Crippen LogP contribution in [0.4, 0.5) is 5.69 Å². The predicted octanol–water partition coefficient (Wildman–Crippen LogP) is 4.83.